The maximum absolute atomic E-state index is 12.2. The Hall–Kier alpha value is -2.64. The lowest BCUT2D eigenvalue weighted by Crippen LogP contribution is -2.35. The van der Waals surface area contributed by atoms with Gasteiger partial charge in [-0.15, -0.1) is 0 Å². The van der Waals surface area contributed by atoms with Crippen molar-refractivity contribution in [3.05, 3.63) is 68.7 Å². The van der Waals surface area contributed by atoms with Gasteiger partial charge in [-0.1, -0.05) is 29.8 Å². The van der Waals surface area contributed by atoms with Gasteiger partial charge in [-0.3, -0.25) is 14.9 Å². The lowest BCUT2D eigenvalue weighted by atomic mass is 10.1. The number of nitro groups is 1. The van der Waals surface area contributed by atoms with Crippen LogP contribution < -0.4 is 10.6 Å². The summed E-state index contributed by atoms with van der Waals surface area (Å²) in [5.74, 6) is -0.393. The van der Waals surface area contributed by atoms with Crippen LogP contribution in [0.25, 0.3) is 0 Å². The fraction of sp³-hybridized carbons (Fsp3) is 0.278. The average Bonchev–Trinajstić information content (AvgIpc) is 2.61. The SMILES string of the molecule is COCC(C)NC(=O)c1ccc(NCc2ccccc2Cl)c([N+](=O)[O-])c1. The van der Waals surface area contributed by atoms with E-state index in [1.165, 1.54) is 25.3 Å². The van der Waals surface area contributed by atoms with Gasteiger partial charge in [0.2, 0.25) is 0 Å². The van der Waals surface area contributed by atoms with Gasteiger partial charge in [-0.05, 0) is 30.7 Å². The Morgan fingerprint density at radius 2 is 2.04 bits per heavy atom. The fourth-order valence-corrected chi connectivity index (χ4v) is 2.61. The Labute approximate surface area is 156 Å². The Kier molecular flexibility index (Phi) is 6.94. The third-order valence-electron chi connectivity index (χ3n) is 3.68. The van der Waals surface area contributed by atoms with Crippen LogP contribution in [0, 0.1) is 10.1 Å². The van der Waals surface area contributed by atoms with Crippen LogP contribution in [0.2, 0.25) is 5.02 Å². The molecule has 2 aromatic carbocycles. The molecule has 0 aliphatic rings. The third-order valence-corrected chi connectivity index (χ3v) is 4.05. The molecule has 26 heavy (non-hydrogen) atoms. The molecule has 0 aliphatic heterocycles. The quantitative estimate of drug-likeness (QED) is 0.541. The van der Waals surface area contributed by atoms with Crippen molar-refractivity contribution >= 4 is 28.9 Å². The van der Waals surface area contributed by atoms with Crippen molar-refractivity contribution in [3.63, 3.8) is 0 Å². The number of methoxy groups -OCH3 is 1. The number of carbonyl (C=O) groups excluding carboxylic acids is 1. The Bertz CT molecular complexity index is 798. The summed E-state index contributed by atoms with van der Waals surface area (Å²) in [6.07, 6.45) is 0. The van der Waals surface area contributed by atoms with Crippen LogP contribution in [-0.4, -0.2) is 30.6 Å². The molecule has 2 N–H and O–H groups in total. The molecular weight excluding hydrogens is 358 g/mol. The average molecular weight is 378 g/mol. The lowest BCUT2D eigenvalue weighted by Gasteiger charge is -2.13. The van der Waals surface area contributed by atoms with E-state index in [1.807, 2.05) is 18.2 Å². The van der Waals surface area contributed by atoms with E-state index in [1.54, 1.807) is 13.0 Å². The zero-order valence-corrected chi connectivity index (χ0v) is 15.2. The van der Waals surface area contributed by atoms with Gasteiger partial charge in [0.05, 0.1) is 11.5 Å². The zero-order valence-electron chi connectivity index (χ0n) is 14.5. The molecule has 0 heterocycles. The number of carbonyl (C=O) groups is 1. The predicted molar refractivity (Wildman–Crippen MR) is 101 cm³/mol. The molecule has 1 atom stereocenters. The maximum atomic E-state index is 12.2. The van der Waals surface area contributed by atoms with E-state index in [-0.39, 0.29) is 17.3 Å². The third kappa shape index (κ3) is 5.18. The van der Waals surface area contributed by atoms with Gasteiger partial charge >= 0.3 is 0 Å². The first-order valence-corrected chi connectivity index (χ1v) is 8.35. The fourth-order valence-electron chi connectivity index (χ4n) is 2.40. The second kappa shape index (κ2) is 9.17. The summed E-state index contributed by atoms with van der Waals surface area (Å²) in [7, 11) is 1.53. The molecule has 0 spiro atoms. The van der Waals surface area contributed by atoms with E-state index in [0.29, 0.717) is 23.9 Å². The van der Waals surface area contributed by atoms with Gasteiger partial charge in [-0.25, -0.2) is 0 Å². The van der Waals surface area contributed by atoms with E-state index >= 15 is 0 Å². The zero-order chi connectivity index (χ0) is 19.1. The highest BCUT2D eigenvalue weighted by molar-refractivity contribution is 6.31. The van der Waals surface area contributed by atoms with E-state index in [0.717, 1.165) is 5.56 Å². The first-order chi connectivity index (χ1) is 12.4. The molecule has 2 rings (SSSR count). The molecule has 7 nitrogen and oxygen atoms in total. The summed E-state index contributed by atoms with van der Waals surface area (Å²) in [4.78, 5) is 23.1. The van der Waals surface area contributed by atoms with E-state index < -0.39 is 10.8 Å². The van der Waals surface area contributed by atoms with Crippen molar-refractivity contribution in [1.29, 1.82) is 0 Å². The molecule has 1 amide bonds. The van der Waals surface area contributed by atoms with Crippen molar-refractivity contribution in [3.8, 4) is 0 Å². The van der Waals surface area contributed by atoms with Gasteiger partial charge in [0, 0.05) is 36.3 Å². The largest absolute Gasteiger partial charge is 0.383 e. The first-order valence-electron chi connectivity index (χ1n) is 7.98. The van der Waals surface area contributed by atoms with Crippen molar-refractivity contribution in [2.24, 2.45) is 0 Å². The molecule has 0 saturated heterocycles. The summed E-state index contributed by atoms with van der Waals surface area (Å²) < 4.78 is 4.96. The summed E-state index contributed by atoms with van der Waals surface area (Å²) in [5, 5.41) is 17.7. The van der Waals surface area contributed by atoms with E-state index in [2.05, 4.69) is 10.6 Å². The van der Waals surface area contributed by atoms with Crippen LogP contribution in [0.4, 0.5) is 11.4 Å². The molecule has 8 heteroatoms. The highest BCUT2D eigenvalue weighted by Gasteiger charge is 2.18. The number of nitrogens with one attached hydrogen (secondary N) is 2. The van der Waals surface area contributed by atoms with Crippen LogP contribution in [0.5, 0.6) is 0 Å². The summed E-state index contributed by atoms with van der Waals surface area (Å²) in [6, 6.07) is 11.3. The van der Waals surface area contributed by atoms with Gasteiger partial charge in [-0.2, -0.15) is 0 Å². The number of halogens is 1. The first kappa shape index (κ1) is 19.7. The van der Waals surface area contributed by atoms with E-state index in [9.17, 15) is 14.9 Å². The van der Waals surface area contributed by atoms with Crippen LogP contribution in [-0.2, 0) is 11.3 Å². The minimum Gasteiger partial charge on any atom is -0.383 e. The number of nitrogens with zero attached hydrogens (tertiary/aromatic N) is 1. The topological polar surface area (TPSA) is 93.5 Å². The molecule has 2 aromatic rings. The minimum absolute atomic E-state index is 0.177. The Balaban J connectivity index is 2.17. The van der Waals surface area contributed by atoms with E-state index in [4.69, 9.17) is 16.3 Å². The molecule has 0 fully saturated rings. The minimum atomic E-state index is -0.524. The van der Waals surface area contributed by atoms with Crippen LogP contribution in [0.15, 0.2) is 42.5 Å². The molecule has 0 aliphatic carbocycles. The second-order valence-corrected chi connectivity index (χ2v) is 6.17. The van der Waals surface area contributed by atoms with Gasteiger partial charge in [0.1, 0.15) is 5.69 Å². The predicted octanol–water partition coefficient (Wildman–Crippen LogP) is 3.63. The molecule has 0 radical (unpaired) electrons. The van der Waals surface area contributed by atoms with Crippen LogP contribution in [0.3, 0.4) is 0 Å². The van der Waals surface area contributed by atoms with Gasteiger partial charge in [0.25, 0.3) is 11.6 Å². The Morgan fingerprint density at radius 1 is 1.31 bits per heavy atom. The monoisotopic (exact) mass is 377 g/mol. The van der Waals surface area contributed by atoms with Crippen molar-refractivity contribution in [1.82, 2.24) is 5.32 Å². The van der Waals surface area contributed by atoms with Crippen molar-refractivity contribution in [2.75, 3.05) is 19.0 Å². The highest BCUT2D eigenvalue weighted by Crippen LogP contribution is 2.27. The number of hydrogen-bond donors (Lipinski definition) is 2. The molecular formula is C18H20ClN3O4. The van der Waals surface area contributed by atoms with Gasteiger partial charge < -0.3 is 15.4 Å². The Morgan fingerprint density at radius 3 is 2.69 bits per heavy atom. The highest BCUT2D eigenvalue weighted by atomic mass is 35.5. The summed E-state index contributed by atoms with van der Waals surface area (Å²) in [6.45, 7) is 2.47. The normalized spacial score (nSPS) is 11.7. The number of ether oxygens (including phenoxy) is 1. The molecule has 0 aromatic heterocycles. The molecule has 0 saturated carbocycles. The van der Waals surface area contributed by atoms with Crippen molar-refractivity contribution in [2.45, 2.75) is 19.5 Å². The smallest absolute Gasteiger partial charge is 0.293 e. The van der Waals surface area contributed by atoms with Gasteiger partial charge in [0.15, 0.2) is 0 Å². The number of amides is 1. The van der Waals surface area contributed by atoms with Crippen LogP contribution in [0.1, 0.15) is 22.8 Å². The standard InChI is InChI=1S/C18H20ClN3O4/c1-12(11-26-2)21-18(23)13-7-8-16(17(9-13)22(24)25)20-10-14-5-3-4-6-15(14)19/h3-9,12,20H,10-11H2,1-2H3,(H,21,23). The lowest BCUT2D eigenvalue weighted by molar-refractivity contribution is -0.384. The second-order valence-electron chi connectivity index (χ2n) is 5.76. The summed E-state index contributed by atoms with van der Waals surface area (Å²) >= 11 is 6.10. The summed E-state index contributed by atoms with van der Waals surface area (Å²) in [5.41, 5.74) is 1.17. The van der Waals surface area contributed by atoms with Crippen molar-refractivity contribution < 1.29 is 14.5 Å². The molecule has 138 valence electrons. The number of nitro benzene ring substituents is 1. The molecule has 0 bridgehead atoms. The number of hydrogen-bond acceptors (Lipinski definition) is 5. The van der Waals surface area contributed by atoms with Crippen LogP contribution >= 0.6 is 11.6 Å². The molecule has 1 unspecified atom stereocenters. The maximum Gasteiger partial charge on any atom is 0.293 e. The number of benzene rings is 2. The number of rotatable bonds is 8. The number of anilines is 1.